The summed E-state index contributed by atoms with van der Waals surface area (Å²) < 4.78 is 18.9. The molecule has 1 unspecified atom stereocenters. The van der Waals surface area contributed by atoms with E-state index in [9.17, 15) is 14.3 Å². The molecule has 152 valence electrons. The summed E-state index contributed by atoms with van der Waals surface area (Å²) in [5.74, 6) is -0.928. The van der Waals surface area contributed by atoms with Crippen molar-refractivity contribution >= 4 is 28.3 Å². The fraction of sp³-hybridized carbons (Fsp3) is 0.318. The van der Waals surface area contributed by atoms with Gasteiger partial charge in [-0.15, -0.1) is 0 Å². The van der Waals surface area contributed by atoms with Crippen LogP contribution < -0.4 is 10.9 Å². The molecule has 0 amide bonds. The number of likely N-dealkylation sites (tertiary alicyclic amines) is 1. The number of fused-ring (bicyclic) bond motifs is 1. The first kappa shape index (κ1) is 19.7. The van der Waals surface area contributed by atoms with Gasteiger partial charge in [0.05, 0.1) is 5.69 Å². The van der Waals surface area contributed by atoms with Crippen molar-refractivity contribution in [1.29, 1.82) is 0 Å². The Morgan fingerprint density at radius 1 is 1.21 bits per heavy atom. The maximum Gasteiger partial charge on any atom is 0.338 e. The topological polar surface area (TPSA) is 65.7 Å². The lowest BCUT2D eigenvalue weighted by Gasteiger charge is -2.37. The van der Waals surface area contributed by atoms with Crippen LogP contribution in [0.5, 0.6) is 5.75 Å². The predicted molar refractivity (Wildman–Crippen MR) is 112 cm³/mol. The standard InChI is InChI=1S/C22H22ClFN2O3/c1-13(14-2-4-20(27)18(24)10-14)26-8-6-16(7-9-26)25-19-12-22(28)29-21-5-3-15(23)11-17(19)21/h2-5,10-13,16,25,27H,6-9H2,1H3. The molecular formula is C22H22ClFN2O3. The number of hydrogen-bond acceptors (Lipinski definition) is 5. The minimum atomic E-state index is -0.598. The lowest BCUT2D eigenvalue weighted by atomic mass is 9.99. The van der Waals surface area contributed by atoms with Gasteiger partial charge in [-0.3, -0.25) is 4.90 Å². The minimum absolute atomic E-state index is 0.0504. The number of benzene rings is 2. The van der Waals surface area contributed by atoms with Gasteiger partial charge in [-0.2, -0.15) is 0 Å². The molecule has 0 bridgehead atoms. The lowest BCUT2D eigenvalue weighted by Crippen LogP contribution is -2.40. The molecule has 2 N–H and O–H groups in total. The van der Waals surface area contributed by atoms with Crippen LogP contribution in [-0.2, 0) is 0 Å². The molecule has 1 aromatic heterocycles. The van der Waals surface area contributed by atoms with E-state index < -0.39 is 11.4 Å². The summed E-state index contributed by atoms with van der Waals surface area (Å²) in [6, 6.07) is 11.5. The van der Waals surface area contributed by atoms with Gasteiger partial charge in [0.25, 0.3) is 0 Å². The first-order valence-electron chi connectivity index (χ1n) is 9.63. The number of nitrogens with one attached hydrogen (secondary N) is 1. The number of phenols is 1. The van der Waals surface area contributed by atoms with Crippen molar-refractivity contribution < 1.29 is 13.9 Å². The molecular weight excluding hydrogens is 395 g/mol. The fourth-order valence-corrected chi connectivity index (χ4v) is 4.07. The molecule has 7 heteroatoms. The first-order valence-corrected chi connectivity index (χ1v) is 10.0. The van der Waals surface area contributed by atoms with Gasteiger partial charge >= 0.3 is 5.63 Å². The molecule has 2 aromatic carbocycles. The predicted octanol–water partition coefficient (Wildman–Crippen LogP) is 4.93. The van der Waals surface area contributed by atoms with Crippen molar-refractivity contribution in [3.8, 4) is 5.75 Å². The summed E-state index contributed by atoms with van der Waals surface area (Å²) in [7, 11) is 0. The third-order valence-corrected chi connectivity index (χ3v) is 5.83. The minimum Gasteiger partial charge on any atom is -0.505 e. The van der Waals surface area contributed by atoms with E-state index >= 15 is 0 Å². The number of piperidine rings is 1. The van der Waals surface area contributed by atoms with Crippen LogP contribution in [0.4, 0.5) is 10.1 Å². The van der Waals surface area contributed by atoms with E-state index in [1.807, 2.05) is 6.92 Å². The van der Waals surface area contributed by atoms with E-state index in [-0.39, 0.29) is 17.8 Å². The Morgan fingerprint density at radius 2 is 1.97 bits per heavy atom. The number of anilines is 1. The van der Waals surface area contributed by atoms with Crippen LogP contribution in [0.2, 0.25) is 5.02 Å². The molecule has 0 radical (unpaired) electrons. The van der Waals surface area contributed by atoms with Crippen molar-refractivity contribution in [3.63, 3.8) is 0 Å². The zero-order valence-corrected chi connectivity index (χ0v) is 16.7. The molecule has 29 heavy (non-hydrogen) atoms. The molecule has 1 fully saturated rings. The second-order valence-electron chi connectivity index (χ2n) is 7.46. The third kappa shape index (κ3) is 4.23. The fourth-order valence-electron chi connectivity index (χ4n) is 3.90. The van der Waals surface area contributed by atoms with Crippen LogP contribution in [0, 0.1) is 5.82 Å². The highest BCUT2D eigenvalue weighted by atomic mass is 35.5. The van der Waals surface area contributed by atoms with E-state index in [2.05, 4.69) is 10.2 Å². The molecule has 0 saturated carbocycles. The average molecular weight is 417 g/mol. The van der Waals surface area contributed by atoms with Gasteiger partial charge in [-0.05, 0) is 55.7 Å². The van der Waals surface area contributed by atoms with Crippen LogP contribution >= 0.6 is 11.6 Å². The van der Waals surface area contributed by atoms with Crippen LogP contribution in [0.3, 0.4) is 0 Å². The average Bonchev–Trinajstić information content (AvgIpc) is 2.70. The molecule has 0 aliphatic carbocycles. The quantitative estimate of drug-likeness (QED) is 0.590. The monoisotopic (exact) mass is 416 g/mol. The van der Waals surface area contributed by atoms with Gasteiger partial charge in [0.2, 0.25) is 0 Å². The van der Waals surface area contributed by atoms with Gasteiger partial charge in [-0.1, -0.05) is 17.7 Å². The molecule has 4 rings (SSSR count). The highest BCUT2D eigenvalue weighted by Gasteiger charge is 2.24. The second-order valence-corrected chi connectivity index (χ2v) is 7.90. The number of halogens is 2. The summed E-state index contributed by atoms with van der Waals surface area (Å²) in [5.41, 5.74) is 1.67. The largest absolute Gasteiger partial charge is 0.505 e. The Balaban J connectivity index is 1.45. The number of nitrogens with zero attached hydrogens (tertiary/aromatic N) is 1. The molecule has 1 aliphatic rings. The van der Waals surface area contributed by atoms with E-state index in [1.165, 1.54) is 18.2 Å². The zero-order valence-electron chi connectivity index (χ0n) is 16.0. The van der Waals surface area contributed by atoms with Crippen molar-refractivity contribution in [2.45, 2.75) is 31.8 Å². The van der Waals surface area contributed by atoms with E-state index in [1.54, 1.807) is 24.3 Å². The van der Waals surface area contributed by atoms with Gasteiger partial charge < -0.3 is 14.8 Å². The van der Waals surface area contributed by atoms with Gasteiger partial charge in [0, 0.05) is 41.6 Å². The van der Waals surface area contributed by atoms with Crippen LogP contribution in [0.15, 0.2) is 51.7 Å². The van der Waals surface area contributed by atoms with E-state index in [0.717, 1.165) is 42.6 Å². The SMILES string of the molecule is CC(c1ccc(O)c(F)c1)N1CCC(Nc2cc(=O)oc3ccc(Cl)cc23)CC1. The highest BCUT2D eigenvalue weighted by Crippen LogP contribution is 2.30. The second kappa shape index (κ2) is 8.05. The summed E-state index contributed by atoms with van der Waals surface area (Å²) in [5, 5.41) is 14.2. The van der Waals surface area contributed by atoms with Gasteiger partial charge in [-0.25, -0.2) is 9.18 Å². The molecule has 5 nitrogen and oxygen atoms in total. The number of phenolic OH excluding ortho intramolecular Hbond substituents is 1. The van der Waals surface area contributed by atoms with Crippen LogP contribution in [-0.4, -0.2) is 29.1 Å². The molecule has 0 spiro atoms. The van der Waals surface area contributed by atoms with Crippen molar-refractivity contribution in [2.75, 3.05) is 18.4 Å². The normalized spacial score (nSPS) is 16.8. The highest BCUT2D eigenvalue weighted by molar-refractivity contribution is 6.31. The summed E-state index contributed by atoms with van der Waals surface area (Å²) in [6.45, 7) is 3.71. The maximum absolute atomic E-state index is 13.7. The Hall–Kier alpha value is -2.57. The zero-order chi connectivity index (χ0) is 20.5. The molecule has 2 heterocycles. The lowest BCUT2D eigenvalue weighted by molar-refractivity contribution is 0.167. The molecule has 1 aliphatic heterocycles. The van der Waals surface area contributed by atoms with Gasteiger partial charge in [0.1, 0.15) is 5.58 Å². The Morgan fingerprint density at radius 3 is 2.69 bits per heavy atom. The Labute approximate surface area is 172 Å². The smallest absolute Gasteiger partial charge is 0.338 e. The molecule has 1 saturated heterocycles. The Bertz CT molecular complexity index is 1090. The summed E-state index contributed by atoms with van der Waals surface area (Å²) >= 11 is 6.11. The first-order chi connectivity index (χ1) is 13.9. The van der Waals surface area contributed by atoms with Crippen LogP contribution in [0.25, 0.3) is 11.0 Å². The summed E-state index contributed by atoms with van der Waals surface area (Å²) in [6.07, 6.45) is 1.76. The van der Waals surface area contributed by atoms with Crippen LogP contribution in [0.1, 0.15) is 31.4 Å². The maximum atomic E-state index is 13.7. The number of hydrogen-bond donors (Lipinski definition) is 2. The van der Waals surface area contributed by atoms with Gasteiger partial charge in [0.15, 0.2) is 11.6 Å². The van der Waals surface area contributed by atoms with E-state index in [0.29, 0.717) is 10.6 Å². The van der Waals surface area contributed by atoms with Crippen molar-refractivity contribution in [3.05, 3.63) is 69.3 Å². The van der Waals surface area contributed by atoms with E-state index in [4.69, 9.17) is 16.0 Å². The number of rotatable bonds is 4. The number of aromatic hydroxyl groups is 1. The van der Waals surface area contributed by atoms with Crippen molar-refractivity contribution in [1.82, 2.24) is 4.90 Å². The molecule has 3 aromatic rings. The Kier molecular flexibility index (Phi) is 5.48. The van der Waals surface area contributed by atoms with Crippen molar-refractivity contribution in [2.24, 2.45) is 0 Å². The third-order valence-electron chi connectivity index (χ3n) is 5.60. The summed E-state index contributed by atoms with van der Waals surface area (Å²) in [4.78, 5) is 14.2. The molecule has 1 atom stereocenters.